The normalized spacial score (nSPS) is 23.4. The third kappa shape index (κ3) is 5.89. The number of benzene rings is 1. The van der Waals surface area contributed by atoms with Gasteiger partial charge < -0.3 is 14.4 Å². The minimum atomic E-state index is -0.574. The predicted octanol–water partition coefficient (Wildman–Crippen LogP) is 4.76. The Bertz CT molecular complexity index is 646. The maximum Gasteiger partial charge on any atom is 0.410 e. The summed E-state index contributed by atoms with van der Waals surface area (Å²) in [6, 6.07) is 3.48. The van der Waals surface area contributed by atoms with Crippen LogP contribution in [0.5, 0.6) is 0 Å². The van der Waals surface area contributed by atoms with Crippen molar-refractivity contribution < 1.29 is 23.0 Å². The molecule has 1 saturated carbocycles. The molecule has 1 aliphatic carbocycles. The second kappa shape index (κ2) is 8.13. The first-order chi connectivity index (χ1) is 12.7. The molecular formula is C21H29F2NO3. The third-order valence-corrected chi connectivity index (χ3v) is 5.30. The van der Waals surface area contributed by atoms with Crippen molar-refractivity contribution >= 4 is 6.09 Å². The van der Waals surface area contributed by atoms with Crippen LogP contribution in [0, 0.1) is 29.4 Å². The van der Waals surface area contributed by atoms with Gasteiger partial charge in [0.1, 0.15) is 17.2 Å². The molecular weight excluding hydrogens is 352 g/mol. The fourth-order valence-electron chi connectivity index (χ4n) is 3.90. The number of hydrogen-bond donors (Lipinski definition) is 0. The molecule has 27 heavy (non-hydrogen) atoms. The van der Waals surface area contributed by atoms with Crippen molar-refractivity contribution in [3.05, 3.63) is 35.4 Å². The Labute approximate surface area is 159 Å². The van der Waals surface area contributed by atoms with Gasteiger partial charge in [0.05, 0.1) is 13.2 Å². The van der Waals surface area contributed by atoms with E-state index in [-0.39, 0.29) is 12.7 Å². The number of nitrogens with zero attached hydrogens (tertiary/aromatic N) is 1. The maximum atomic E-state index is 13.2. The van der Waals surface area contributed by atoms with Gasteiger partial charge in [0.15, 0.2) is 0 Å². The predicted molar refractivity (Wildman–Crippen MR) is 98.1 cm³/mol. The number of piperidine rings is 1. The van der Waals surface area contributed by atoms with Crippen LogP contribution in [0.25, 0.3) is 0 Å². The van der Waals surface area contributed by atoms with Gasteiger partial charge in [-0.05, 0) is 75.5 Å². The minimum absolute atomic E-state index is 0.223. The molecule has 0 aromatic heterocycles. The van der Waals surface area contributed by atoms with Crippen molar-refractivity contribution in [3.8, 4) is 0 Å². The zero-order valence-electron chi connectivity index (χ0n) is 16.3. The molecule has 3 rings (SSSR count). The van der Waals surface area contributed by atoms with Gasteiger partial charge >= 0.3 is 6.09 Å². The van der Waals surface area contributed by atoms with Crippen LogP contribution in [0.3, 0.4) is 0 Å². The lowest BCUT2D eigenvalue weighted by atomic mass is 9.91. The van der Waals surface area contributed by atoms with Crippen molar-refractivity contribution in [2.24, 2.45) is 17.8 Å². The quantitative estimate of drug-likeness (QED) is 0.738. The monoisotopic (exact) mass is 381 g/mol. The van der Waals surface area contributed by atoms with Crippen LogP contribution < -0.4 is 0 Å². The van der Waals surface area contributed by atoms with Gasteiger partial charge in [0, 0.05) is 19.2 Å². The Morgan fingerprint density at radius 1 is 1.15 bits per heavy atom. The smallest absolute Gasteiger partial charge is 0.410 e. The van der Waals surface area contributed by atoms with Gasteiger partial charge in [-0.3, -0.25) is 0 Å². The highest BCUT2D eigenvalue weighted by Crippen LogP contribution is 2.48. The van der Waals surface area contributed by atoms with Crippen LogP contribution >= 0.6 is 0 Å². The summed E-state index contributed by atoms with van der Waals surface area (Å²) in [5.41, 5.74) is 0.0626. The van der Waals surface area contributed by atoms with E-state index < -0.39 is 17.2 Å². The molecule has 0 bridgehead atoms. The van der Waals surface area contributed by atoms with Crippen LogP contribution in [0.4, 0.5) is 13.6 Å². The molecule has 4 nitrogen and oxygen atoms in total. The molecule has 2 aliphatic rings. The molecule has 0 unspecified atom stereocenters. The molecule has 1 amide bonds. The number of carbonyl (C=O) groups is 1. The van der Waals surface area contributed by atoms with E-state index in [4.69, 9.17) is 9.47 Å². The van der Waals surface area contributed by atoms with Gasteiger partial charge in [0.25, 0.3) is 0 Å². The molecule has 2 fully saturated rings. The summed E-state index contributed by atoms with van der Waals surface area (Å²) < 4.78 is 37.5. The zero-order valence-corrected chi connectivity index (χ0v) is 16.3. The fraction of sp³-hybridized carbons (Fsp3) is 0.667. The highest BCUT2D eigenvalue weighted by Gasteiger charge is 2.44. The molecule has 1 heterocycles. The van der Waals surface area contributed by atoms with Crippen LogP contribution in [0.15, 0.2) is 18.2 Å². The number of likely N-dealkylation sites (tertiary alicyclic amines) is 1. The molecule has 1 aromatic carbocycles. The van der Waals surface area contributed by atoms with E-state index in [1.165, 1.54) is 12.1 Å². The molecule has 2 atom stereocenters. The Hall–Kier alpha value is -1.69. The van der Waals surface area contributed by atoms with E-state index in [2.05, 4.69) is 0 Å². The van der Waals surface area contributed by atoms with Gasteiger partial charge in [-0.1, -0.05) is 0 Å². The fourth-order valence-corrected chi connectivity index (χ4v) is 3.90. The third-order valence-electron chi connectivity index (χ3n) is 5.30. The maximum absolute atomic E-state index is 13.2. The Morgan fingerprint density at radius 3 is 2.37 bits per heavy atom. The lowest BCUT2D eigenvalue weighted by Crippen LogP contribution is -2.42. The van der Waals surface area contributed by atoms with Crippen LogP contribution in [0.1, 0.15) is 45.6 Å². The van der Waals surface area contributed by atoms with Gasteiger partial charge in [-0.15, -0.1) is 0 Å². The highest BCUT2D eigenvalue weighted by atomic mass is 19.1. The summed E-state index contributed by atoms with van der Waals surface area (Å²) in [4.78, 5) is 13.9. The second-order valence-corrected chi connectivity index (χ2v) is 8.76. The molecule has 150 valence electrons. The summed E-state index contributed by atoms with van der Waals surface area (Å²) >= 11 is 0. The topological polar surface area (TPSA) is 38.8 Å². The molecule has 0 N–H and O–H groups in total. The lowest BCUT2D eigenvalue weighted by Gasteiger charge is -2.33. The molecule has 1 aromatic rings. The van der Waals surface area contributed by atoms with Crippen molar-refractivity contribution in [1.82, 2.24) is 4.90 Å². The Kier molecular flexibility index (Phi) is 6.04. The van der Waals surface area contributed by atoms with Crippen molar-refractivity contribution in [2.45, 2.75) is 52.2 Å². The van der Waals surface area contributed by atoms with Crippen molar-refractivity contribution in [2.75, 3.05) is 19.7 Å². The van der Waals surface area contributed by atoms with Gasteiger partial charge in [-0.25, -0.2) is 13.6 Å². The van der Waals surface area contributed by atoms with Gasteiger partial charge in [0.2, 0.25) is 0 Å². The number of carbonyl (C=O) groups excluding carboxylic acids is 1. The Morgan fingerprint density at radius 2 is 1.78 bits per heavy atom. The SMILES string of the molecule is CC(C)(C)OC(=O)N1CCC([C@H]2C[C@H]2COCc2cc(F)cc(F)c2)CC1. The van der Waals surface area contributed by atoms with Crippen molar-refractivity contribution in [1.29, 1.82) is 0 Å². The van der Waals surface area contributed by atoms with Crippen LogP contribution in [-0.2, 0) is 16.1 Å². The summed E-state index contributed by atoms with van der Waals surface area (Å²) in [5.74, 6) is 0.615. The van der Waals surface area contributed by atoms with Gasteiger partial charge in [-0.2, -0.15) is 0 Å². The first-order valence-electron chi connectivity index (χ1n) is 9.72. The molecule has 1 aliphatic heterocycles. The van der Waals surface area contributed by atoms with Crippen LogP contribution in [0.2, 0.25) is 0 Å². The molecule has 6 heteroatoms. The standard InChI is InChI=1S/C21H29F2NO3/c1-21(2,3)27-20(25)24-6-4-15(5-7-24)19-10-16(19)13-26-12-14-8-17(22)11-18(23)9-14/h8-9,11,15-16,19H,4-7,10,12-13H2,1-3H3/t16-,19+/m0/s1. The number of amides is 1. The molecule has 1 saturated heterocycles. The summed E-state index contributed by atoms with van der Waals surface area (Å²) in [6.07, 6.45) is 2.90. The van der Waals surface area contributed by atoms with E-state index in [1.807, 2.05) is 20.8 Å². The van der Waals surface area contributed by atoms with E-state index in [9.17, 15) is 13.6 Å². The lowest BCUT2D eigenvalue weighted by molar-refractivity contribution is 0.0170. The second-order valence-electron chi connectivity index (χ2n) is 8.76. The summed E-state index contributed by atoms with van der Waals surface area (Å²) in [6.45, 7) is 7.97. The van der Waals surface area contributed by atoms with E-state index in [0.717, 1.165) is 38.4 Å². The first-order valence-corrected chi connectivity index (χ1v) is 9.72. The number of ether oxygens (including phenoxy) is 2. The number of rotatable bonds is 5. The zero-order chi connectivity index (χ0) is 19.6. The average Bonchev–Trinajstić information content (AvgIpc) is 3.32. The van der Waals surface area contributed by atoms with E-state index >= 15 is 0 Å². The van der Waals surface area contributed by atoms with Crippen molar-refractivity contribution in [3.63, 3.8) is 0 Å². The van der Waals surface area contributed by atoms with Crippen LogP contribution in [-0.4, -0.2) is 36.3 Å². The minimum Gasteiger partial charge on any atom is -0.444 e. The summed E-state index contributed by atoms with van der Waals surface area (Å²) in [7, 11) is 0. The highest BCUT2D eigenvalue weighted by molar-refractivity contribution is 5.68. The number of halogens is 2. The van der Waals surface area contributed by atoms with E-state index in [0.29, 0.717) is 29.9 Å². The molecule has 0 radical (unpaired) electrons. The number of hydrogen-bond acceptors (Lipinski definition) is 3. The first kappa shape index (κ1) is 20.1. The largest absolute Gasteiger partial charge is 0.444 e. The Balaban J connectivity index is 1.36. The summed E-state index contributed by atoms with van der Waals surface area (Å²) in [5, 5.41) is 0. The van der Waals surface area contributed by atoms with E-state index in [1.54, 1.807) is 4.90 Å². The average molecular weight is 381 g/mol. The molecule has 0 spiro atoms.